The molecule has 0 unspecified atom stereocenters. The molecule has 0 saturated carbocycles. The number of hydrogen-bond donors (Lipinski definition) is 1. The Morgan fingerprint density at radius 2 is 1.95 bits per heavy atom. The zero-order valence-corrected chi connectivity index (χ0v) is 22.5. The second-order valence-corrected chi connectivity index (χ2v) is 9.52. The smallest absolute Gasteiger partial charge is 0.341 e. The van der Waals surface area contributed by atoms with Gasteiger partial charge in [0.25, 0.3) is 5.69 Å². The molecular formula is C28H30N2O7S. The number of methoxy groups -OCH3 is 1. The lowest BCUT2D eigenvalue weighted by atomic mass is 10.0. The Bertz CT molecular complexity index is 1330. The molecule has 0 aliphatic carbocycles. The molecule has 3 aromatic rings. The van der Waals surface area contributed by atoms with E-state index < -0.39 is 16.8 Å². The summed E-state index contributed by atoms with van der Waals surface area (Å²) in [7, 11) is 1.55. The van der Waals surface area contributed by atoms with Crippen LogP contribution in [-0.4, -0.2) is 37.1 Å². The van der Waals surface area contributed by atoms with Crippen LogP contribution in [0.3, 0.4) is 0 Å². The number of nitrogens with zero attached hydrogens (tertiary/aromatic N) is 1. The number of nitro groups is 1. The third kappa shape index (κ3) is 7.42. The predicted octanol–water partition coefficient (Wildman–Crippen LogP) is 6.59. The van der Waals surface area contributed by atoms with Crippen LogP contribution in [0.5, 0.6) is 11.5 Å². The average Bonchev–Trinajstić information content (AvgIpc) is 3.31. The normalized spacial score (nSPS) is 11.0. The summed E-state index contributed by atoms with van der Waals surface area (Å²) >= 11 is 1.13. The number of rotatable bonds is 12. The molecule has 0 fully saturated rings. The molecule has 38 heavy (non-hydrogen) atoms. The maximum absolute atomic E-state index is 12.8. The van der Waals surface area contributed by atoms with Crippen LogP contribution in [0.15, 0.2) is 53.9 Å². The van der Waals surface area contributed by atoms with Crippen molar-refractivity contribution in [1.29, 1.82) is 0 Å². The van der Waals surface area contributed by atoms with Crippen molar-refractivity contribution in [2.75, 3.05) is 25.6 Å². The third-order valence-electron chi connectivity index (χ3n) is 5.44. The third-order valence-corrected chi connectivity index (χ3v) is 6.34. The summed E-state index contributed by atoms with van der Waals surface area (Å²) in [6.45, 7) is 6.63. The largest absolute Gasteiger partial charge is 0.493 e. The van der Waals surface area contributed by atoms with Gasteiger partial charge in [-0.2, -0.15) is 0 Å². The van der Waals surface area contributed by atoms with Gasteiger partial charge in [-0.05, 0) is 48.6 Å². The quantitative estimate of drug-likeness (QED) is 0.120. The highest BCUT2D eigenvalue weighted by Crippen LogP contribution is 2.37. The number of carbonyl (C=O) groups excluding carboxylic acids is 2. The van der Waals surface area contributed by atoms with Gasteiger partial charge >= 0.3 is 5.97 Å². The minimum atomic E-state index is -0.632. The number of nitrogens with one attached hydrogen (secondary N) is 1. The summed E-state index contributed by atoms with van der Waals surface area (Å²) in [5.41, 5.74) is 1.67. The molecular weight excluding hydrogens is 508 g/mol. The number of ether oxygens (including phenoxy) is 3. The lowest BCUT2D eigenvalue weighted by molar-refractivity contribution is -0.384. The molecule has 9 nitrogen and oxygen atoms in total. The summed E-state index contributed by atoms with van der Waals surface area (Å²) in [6.07, 6.45) is 3.88. The molecule has 1 aromatic heterocycles. The number of amides is 1. The fraction of sp³-hybridized carbons (Fsp3) is 0.286. The van der Waals surface area contributed by atoms with Crippen LogP contribution >= 0.6 is 11.3 Å². The Morgan fingerprint density at radius 3 is 2.63 bits per heavy atom. The number of anilines is 1. The van der Waals surface area contributed by atoms with Crippen LogP contribution in [-0.2, 0) is 9.53 Å². The number of hydrogen-bond acceptors (Lipinski definition) is 8. The minimum absolute atomic E-state index is 0.108. The van der Waals surface area contributed by atoms with Gasteiger partial charge in [0.2, 0.25) is 5.91 Å². The monoisotopic (exact) mass is 538 g/mol. The van der Waals surface area contributed by atoms with Gasteiger partial charge in [0.15, 0.2) is 11.5 Å². The van der Waals surface area contributed by atoms with E-state index in [2.05, 4.69) is 19.2 Å². The molecule has 0 radical (unpaired) electrons. The van der Waals surface area contributed by atoms with Crippen molar-refractivity contribution in [2.24, 2.45) is 5.92 Å². The summed E-state index contributed by atoms with van der Waals surface area (Å²) in [5.74, 6) is 0.616. The zero-order valence-electron chi connectivity index (χ0n) is 21.7. The molecule has 1 amide bonds. The molecule has 0 spiro atoms. The van der Waals surface area contributed by atoms with E-state index in [1.165, 1.54) is 24.3 Å². The highest BCUT2D eigenvalue weighted by Gasteiger charge is 2.23. The van der Waals surface area contributed by atoms with Crippen LogP contribution in [0.1, 0.15) is 43.1 Å². The van der Waals surface area contributed by atoms with E-state index in [0.29, 0.717) is 35.2 Å². The second-order valence-electron chi connectivity index (χ2n) is 8.65. The van der Waals surface area contributed by atoms with E-state index in [-0.39, 0.29) is 22.9 Å². The van der Waals surface area contributed by atoms with Gasteiger partial charge in [-0.25, -0.2) is 4.79 Å². The molecule has 3 rings (SSSR count). The van der Waals surface area contributed by atoms with E-state index in [9.17, 15) is 19.7 Å². The van der Waals surface area contributed by atoms with Crippen molar-refractivity contribution in [2.45, 2.75) is 27.2 Å². The van der Waals surface area contributed by atoms with Gasteiger partial charge in [-0.3, -0.25) is 14.9 Å². The van der Waals surface area contributed by atoms with Crippen molar-refractivity contribution in [3.63, 3.8) is 0 Å². The Morgan fingerprint density at radius 1 is 1.16 bits per heavy atom. The van der Waals surface area contributed by atoms with Gasteiger partial charge in [-0.1, -0.05) is 32.0 Å². The van der Waals surface area contributed by atoms with E-state index in [1.807, 2.05) is 6.07 Å². The van der Waals surface area contributed by atoms with Crippen molar-refractivity contribution < 1.29 is 28.7 Å². The first-order chi connectivity index (χ1) is 18.2. The Balaban J connectivity index is 1.80. The highest BCUT2D eigenvalue weighted by molar-refractivity contribution is 7.15. The molecule has 1 N–H and O–H groups in total. The molecule has 0 atom stereocenters. The number of carbonyl (C=O) groups is 2. The second kappa shape index (κ2) is 13.4. The Labute approximate surface area is 225 Å². The van der Waals surface area contributed by atoms with Crippen molar-refractivity contribution in [3.05, 3.63) is 75.2 Å². The van der Waals surface area contributed by atoms with Crippen LogP contribution < -0.4 is 14.8 Å². The van der Waals surface area contributed by atoms with Crippen LogP contribution in [0.25, 0.3) is 17.2 Å². The summed E-state index contributed by atoms with van der Waals surface area (Å²) in [5, 5.41) is 15.9. The topological polar surface area (TPSA) is 117 Å². The van der Waals surface area contributed by atoms with E-state index in [0.717, 1.165) is 23.3 Å². The van der Waals surface area contributed by atoms with Crippen molar-refractivity contribution in [3.8, 4) is 22.6 Å². The molecule has 1 heterocycles. The minimum Gasteiger partial charge on any atom is -0.493 e. The number of esters is 1. The fourth-order valence-electron chi connectivity index (χ4n) is 3.49. The Hall–Kier alpha value is -4.18. The lowest BCUT2D eigenvalue weighted by Gasteiger charge is -2.12. The first-order valence-electron chi connectivity index (χ1n) is 12.1. The van der Waals surface area contributed by atoms with E-state index in [4.69, 9.17) is 14.2 Å². The number of thiophene rings is 1. The van der Waals surface area contributed by atoms with Crippen LogP contribution in [0, 0.1) is 16.0 Å². The number of benzene rings is 2. The first kappa shape index (κ1) is 28.4. The summed E-state index contributed by atoms with van der Waals surface area (Å²) < 4.78 is 16.4. The maximum atomic E-state index is 12.8. The summed E-state index contributed by atoms with van der Waals surface area (Å²) in [6, 6.07) is 11.3. The van der Waals surface area contributed by atoms with Gasteiger partial charge in [0, 0.05) is 29.2 Å². The van der Waals surface area contributed by atoms with Gasteiger partial charge in [-0.15, -0.1) is 11.3 Å². The SMILES string of the molecule is CCOC(=O)c1c(-c2cccc([N+](=O)[O-])c2)csc1NC(=O)/C=C/c1ccc(OCCC(C)C)c(OC)c1. The highest BCUT2D eigenvalue weighted by atomic mass is 32.1. The number of non-ortho nitro benzene ring substituents is 1. The first-order valence-corrected chi connectivity index (χ1v) is 12.9. The Kier molecular flexibility index (Phi) is 10.0. The molecule has 200 valence electrons. The van der Waals surface area contributed by atoms with Crippen LogP contribution in [0.2, 0.25) is 0 Å². The molecule has 10 heteroatoms. The predicted molar refractivity (Wildman–Crippen MR) is 148 cm³/mol. The van der Waals surface area contributed by atoms with Crippen molar-refractivity contribution >= 4 is 40.0 Å². The standard InChI is InChI=1S/C28H30N2O7S/c1-5-36-28(32)26-22(20-7-6-8-21(16-20)30(33)34)17-38-27(26)29-25(31)12-10-19-9-11-23(24(15-19)35-4)37-14-13-18(2)3/h6-12,15-18H,5,13-14H2,1-4H3,(H,29,31)/b12-10+. The van der Waals surface area contributed by atoms with Crippen molar-refractivity contribution in [1.82, 2.24) is 0 Å². The molecule has 0 aliphatic heterocycles. The maximum Gasteiger partial charge on any atom is 0.341 e. The van der Waals surface area contributed by atoms with Gasteiger partial charge in [0.05, 0.1) is 25.2 Å². The van der Waals surface area contributed by atoms with Gasteiger partial charge < -0.3 is 19.5 Å². The van der Waals surface area contributed by atoms with Gasteiger partial charge in [0.1, 0.15) is 10.6 Å². The molecule has 0 bridgehead atoms. The van der Waals surface area contributed by atoms with E-state index >= 15 is 0 Å². The average molecular weight is 539 g/mol. The zero-order chi connectivity index (χ0) is 27.7. The molecule has 0 aliphatic rings. The summed E-state index contributed by atoms with van der Waals surface area (Å²) in [4.78, 5) is 36.2. The fourth-order valence-corrected chi connectivity index (χ4v) is 4.45. The van der Waals surface area contributed by atoms with Crippen LogP contribution in [0.4, 0.5) is 10.7 Å². The number of nitro benzene ring substituents is 1. The van der Waals surface area contributed by atoms with E-state index in [1.54, 1.807) is 43.7 Å². The lowest BCUT2D eigenvalue weighted by Crippen LogP contribution is -2.12. The molecule has 2 aromatic carbocycles. The molecule has 0 saturated heterocycles.